The van der Waals surface area contributed by atoms with Crippen LogP contribution in [0.1, 0.15) is 28.3 Å². The van der Waals surface area contributed by atoms with Gasteiger partial charge in [0.15, 0.2) is 5.13 Å². The summed E-state index contributed by atoms with van der Waals surface area (Å²) in [4.78, 5) is 32.5. The molecule has 1 atom stereocenters. The first-order valence-electron chi connectivity index (χ1n) is 10.4. The minimum absolute atomic E-state index is 0.0118. The highest BCUT2D eigenvalue weighted by molar-refractivity contribution is 9.10. The number of thiazole rings is 1. The highest BCUT2D eigenvalue weighted by atomic mass is 79.9. The first-order chi connectivity index (χ1) is 16.2. The standard InChI is InChI=1S/C26H18BrFN2O3S/c1-13-6-7-14(2)18(10-13)23(31)21-22(15-4-3-5-16(27)11-15)30(25(33)24(21)32)26-29-19-9-8-17(28)12-20(19)34-26/h3-12,22,31H,1-2H3. The zero-order valence-electron chi connectivity index (χ0n) is 18.2. The number of carbonyl (C=O) groups is 2. The number of carbonyl (C=O) groups excluding carboxylic acids is 2. The van der Waals surface area contributed by atoms with Crippen molar-refractivity contribution in [1.82, 2.24) is 4.98 Å². The molecule has 1 aromatic heterocycles. The van der Waals surface area contributed by atoms with E-state index in [9.17, 15) is 19.1 Å². The van der Waals surface area contributed by atoms with Gasteiger partial charge in [0.1, 0.15) is 11.6 Å². The number of aryl methyl sites for hydroxylation is 2. The largest absolute Gasteiger partial charge is 0.507 e. The van der Waals surface area contributed by atoms with Crippen molar-refractivity contribution in [2.24, 2.45) is 0 Å². The zero-order valence-corrected chi connectivity index (χ0v) is 20.6. The first-order valence-corrected chi connectivity index (χ1v) is 12.1. The summed E-state index contributed by atoms with van der Waals surface area (Å²) < 4.78 is 15.1. The SMILES string of the molecule is Cc1ccc(C)c(C(O)=C2C(=O)C(=O)N(c3nc4ccc(F)cc4s3)C2c2cccc(Br)c2)c1. The number of fused-ring (bicyclic) bond motifs is 1. The molecule has 5 rings (SSSR count). The van der Waals surface area contributed by atoms with Crippen LogP contribution >= 0.6 is 27.3 Å². The Balaban J connectivity index is 1.77. The number of anilines is 1. The quantitative estimate of drug-likeness (QED) is 0.186. The number of ketones is 1. The van der Waals surface area contributed by atoms with Crippen LogP contribution in [0.2, 0.25) is 0 Å². The minimum atomic E-state index is -0.900. The van der Waals surface area contributed by atoms with Crippen LogP contribution in [0.15, 0.2) is 70.7 Å². The van der Waals surface area contributed by atoms with Gasteiger partial charge in [0.2, 0.25) is 0 Å². The minimum Gasteiger partial charge on any atom is -0.507 e. The molecule has 0 spiro atoms. The second kappa shape index (κ2) is 8.45. The van der Waals surface area contributed by atoms with E-state index in [1.807, 2.05) is 32.0 Å². The van der Waals surface area contributed by atoms with Crippen LogP contribution in [0.5, 0.6) is 0 Å². The van der Waals surface area contributed by atoms with E-state index in [1.54, 1.807) is 24.3 Å². The maximum absolute atomic E-state index is 13.8. The van der Waals surface area contributed by atoms with Gasteiger partial charge in [0, 0.05) is 10.0 Å². The Morgan fingerprint density at radius 1 is 1.09 bits per heavy atom. The third-order valence-corrected chi connectivity index (χ3v) is 7.31. The van der Waals surface area contributed by atoms with Crippen molar-refractivity contribution in [3.63, 3.8) is 0 Å². The van der Waals surface area contributed by atoms with Crippen LogP contribution in [0.25, 0.3) is 16.0 Å². The van der Waals surface area contributed by atoms with Crippen LogP contribution < -0.4 is 4.90 Å². The number of hydrogen-bond donors (Lipinski definition) is 1. The molecule has 0 bridgehead atoms. The second-order valence-electron chi connectivity index (χ2n) is 8.15. The van der Waals surface area contributed by atoms with Crippen molar-refractivity contribution >= 4 is 60.1 Å². The molecular formula is C26H18BrFN2O3S. The van der Waals surface area contributed by atoms with Gasteiger partial charge in [0.05, 0.1) is 21.8 Å². The smallest absolute Gasteiger partial charge is 0.301 e. The lowest BCUT2D eigenvalue weighted by molar-refractivity contribution is -0.132. The Labute approximate surface area is 207 Å². The van der Waals surface area contributed by atoms with Crippen molar-refractivity contribution in [2.45, 2.75) is 19.9 Å². The van der Waals surface area contributed by atoms with Crippen LogP contribution in [0, 0.1) is 19.7 Å². The maximum Gasteiger partial charge on any atom is 0.301 e. The van der Waals surface area contributed by atoms with Gasteiger partial charge >= 0.3 is 5.91 Å². The number of nitrogens with zero attached hydrogens (tertiary/aromatic N) is 2. The molecule has 2 heterocycles. The van der Waals surface area contributed by atoms with Crippen molar-refractivity contribution in [3.05, 3.63) is 98.8 Å². The molecule has 8 heteroatoms. The number of aromatic nitrogens is 1. The average Bonchev–Trinajstić information content (AvgIpc) is 3.33. The number of hydrogen-bond acceptors (Lipinski definition) is 5. The van der Waals surface area contributed by atoms with Crippen molar-refractivity contribution in [3.8, 4) is 0 Å². The Morgan fingerprint density at radius 3 is 2.65 bits per heavy atom. The Kier molecular flexibility index (Phi) is 5.58. The summed E-state index contributed by atoms with van der Waals surface area (Å²) in [6, 6.07) is 16.1. The number of halogens is 2. The number of Topliss-reactive ketones (excluding diaryl/α,β-unsaturated/α-hetero) is 1. The molecule has 3 aromatic carbocycles. The number of rotatable bonds is 3. The van der Waals surface area contributed by atoms with Gasteiger partial charge in [0.25, 0.3) is 5.78 Å². The van der Waals surface area contributed by atoms with Crippen LogP contribution in [-0.4, -0.2) is 21.8 Å². The van der Waals surface area contributed by atoms with E-state index in [0.717, 1.165) is 26.9 Å². The van der Waals surface area contributed by atoms with E-state index in [0.29, 0.717) is 21.3 Å². The molecule has 1 unspecified atom stereocenters. The van der Waals surface area contributed by atoms with Crippen LogP contribution in [0.3, 0.4) is 0 Å². The average molecular weight is 537 g/mol. The molecule has 4 aromatic rings. The highest BCUT2D eigenvalue weighted by Gasteiger charge is 2.48. The molecular weight excluding hydrogens is 519 g/mol. The molecule has 170 valence electrons. The van der Waals surface area contributed by atoms with E-state index in [2.05, 4.69) is 20.9 Å². The molecule has 1 aliphatic heterocycles. The Morgan fingerprint density at radius 2 is 1.88 bits per heavy atom. The van der Waals surface area contributed by atoms with Crippen LogP contribution in [-0.2, 0) is 9.59 Å². The summed E-state index contributed by atoms with van der Waals surface area (Å²) in [5, 5.41) is 11.6. The monoisotopic (exact) mass is 536 g/mol. The van der Waals surface area contributed by atoms with E-state index in [1.165, 1.54) is 23.1 Å². The molecule has 34 heavy (non-hydrogen) atoms. The summed E-state index contributed by atoms with van der Waals surface area (Å²) >= 11 is 4.57. The van der Waals surface area contributed by atoms with Gasteiger partial charge in [-0.25, -0.2) is 9.37 Å². The van der Waals surface area contributed by atoms with Gasteiger partial charge in [-0.1, -0.05) is 57.1 Å². The number of aliphatic hydroxyl groups is 1. The second-order valence-corrected chi connectivity index (χ2v) is 10.1. The maximum atomic E-state index is 13.8. The molecule has 5 nitrogen and oxygen atoms in total. The molecule has 1 N–H and O–H groups in total. The zero-order chi connectivity index (χ0) is 24.1. The fourth-order valence-electron chi connectivity index (χ4n) is 4.15. The van der Waals surface area contributed by atoms with Gasteiger partial charge in [-0.05, 0) is 61.4 Å². The van der Waals surface area contributed by atoms with Gasteiger partial charge in [-0.15, -0.1) is 0 Å². The third-order valence-electron chi connectivity index (χ3n) is 5.80. The summed E-state index contributed by atoms with van der Waals surface area (Å²) in [5.74, 6) is -2.24. The number of aliphatic hydroxyl groups excluding tert-OH is 1. The van der Waals surface area contributed by atoms with Crippen LogP contribution in [0.4, 0.5) is 9.52 Å². The van der Waals surface area contributed by atoms with Crippen molar-refractivity contribution in [1.29, 1.82) is 0 Å². The van der Waals surface area contributed by atoms with Crippen molar-refractivity contribution < 1.29 is 19.1 Å². The molecule has 1 aliphatic rings. The lowest BCUT2D eigenvalue weighted by Crippen LogP contribution is -2.29. The van der Waals surface area contributed by atoms with Crippen molar-refractivity contribution in [2.75, 3.05) is 4.90 Å². The molecule has 0 radical (unpaired) electrons. The first kappa shape index (κ1) is 22.4. The Hall–Kier alpha value is -3.36. The van der Waals surface area contributed by atoms with Gasteiger partial charge in [-0.3, -0.25) is 14.5 Å². The molecule has 0 saturated carbocycles. The fraction of sp³-hybridized carbons (Fsp3) is 0.115. The fourth-order valence-corrected chi connectivity index (χ4v) is 5.58. The molecule has 1 fully saturated rings. The van der Waals surface area contributed by atoms with E-state index >= 15 is 0 Å². The third kappa shape index (κ3) is 3.73. The van der Waals surface area contributed by atoms with E-state index in [4.69, 9.17) is 0 Å². The topological polar surface area (TPSA) is 70.5 Å². The van der Waals surface area contributed by atoms with Gasteiger partial charge < -0.3 is 5.11 Å². The van der Waals surface area contributed by atoms with E-state index in [-0.39, 0.29) is 16.5 Å². The van der Waals surface area contributed by atoms with E-state index < -0.39 is 23.5 Å². The lowest BCUT2D eigenvalue weighted by Gasteiger charge is -2.23. The highest BCUT2D eigenvalue weighted by Crippen LogP contribution is 2.45. The molecule has 1 saturated heterocycles. The predicted octanol–water partition coefficient (Wildman–Crippen LogP) is 6.44. The lowest BCUT2D eigenvalue weighted by atomic mass is 9.93. The molecule has 0 aliphatic carbocycles. The normalized spacial score (nSPS) is 17.6. The summed E-state index contributed by atoms with van der Waals surface area (Å²) in [6.07, 6.45) is 0. The summed E-state index contributed by atoms with van der Waals surface area (Å²) in [6.45, 7) is 3.72. The number of amides is 1. The Bertz CT molecular complexity index is 1530. The number of benzene rings is 3. The van der Waals surface area contributed by atoms with Gasteiger partial charge in [-0.2, -0.15) is 0 Å². The molecule has 1 amide bonds. The predicted molar refractivity (Wildman–Crippen MR) is 134 cm³/mol. The summed E-state index contributed by atoms with van der Waals surface area (Å²) in [7, 11) is 0. The summed E-state index contributed by atoms with van der Waals surface area (Å²) in [5.41, 5.74) is 3.31.